The highest BCUT2D eigenvalue weighted by atomic mass is 19.1. The standard InChI is InChI=1S/C27H26FN7O4/c1-17-24(26(37)35(33(17)2)19-8-4-3-5-9-19)25(36)31-18-10-11-21(20(28)14-18)39-23-15-22(29-16-30-23)32-27(38)34-12-6-7-13-34/h3-5,8-11,14-16H,6-7,12-13H2,1-2H3,(H,31,36)(H,29,30,32,38). The van der Waals surface area contributed by atoms with E-state index in [-0.39, 0.29) is 34.7 Å². The summed E-state index contributed by atoms with van der Waals surface area (Å²) in [5.41, 5.74) is 0.670. The van der Waals surface area contributed by atoms with E-state index in [2.05, 4.69) is 20.6 Å². The summed E-state index contributed by atoms with van der Waals surface area (Å²) >= 11 is 0. The summed E-state index contributed by atoms with van der Waals surface area (Å²) in [5.74, 6) is -1.32. The van der Waals surface area contributed by atoms with Crippen molar-refractivity contribution < 1.29 is 18.7 Å². The molecule has 2 aromatic carbocycles. The molecule has 2 aromatic heterocycles. The highest BCUT2D eigenvalue weighted by Gasteiger charge is 2.23. The molecule has 3 heterocycles. The number of likely N-dealkylation sites (tertiary alicyclic amines) is 1. The van der Waals surface area contributed by atoms with Crippen LogP contribution in [0.3, 0.4) is 0 Å². The molecule has 3 amide bonds. The first kappa shape index (κ1) is 25.6. The molecule has 1 fully saturated rings. The molecule has 0 bridgehead atoms. The van der Waals surface area contributed by atoms with Crippen LogP contribution in [0.5, 0.6) is 11.6 Å². The topological polar surface area (TPSA) is 123 Å². The summed E-state index contributed by atoms with van der Waals surface area (Å²) in [6.45, 7) is 3.03. The van der Waals surface area contributed by atoms with Gasteiger partial charge in [-0.3, -0.25) is 19.6 Å². The van der Waals surface area contributed by atoms with E-state index in [0.29, 0.717) is 24.5 Å². The molecule has 2 N–H and O–H groups in total. The third-order valence-electron chi connectivity index (χ3n) is 6.46. The van der Waals surface area contributed by atoms with Crippen LogP contribution in [0, 0.1) is 12.7 Å². The third-order valence-corrected chi connectivity index (χ3v) is 6.46. The fraction of sp³-hybridized carbons (Fsp3) is 0.222. The van der Waals surface area contributed by atoms with E-state index in [0.717, 1.165) is 18.9 Å². The Morgan fingerprint density at radius 3 is 2.46 bits per heavy atom. The first-order chi connectivity index (χ1) is 18.8. The lowest BCUT2D eigenvalue weighted by atomic mass is 10.2. The number of hydrogen-bond donors (Lipinski definition) is 2. The van der Waals surface area contributed by atoms with Crippen LogP contribution in [-0.2, 0) is 7.05 Å². The molecule has 0 saturated carbocycles. The fourth-order valence-electron chi connectivity index (χ4n) is 4.37. The number of carbonyl (C=O) groups is 2. The number of nitrogens with zero attached hydrogens (tertiary/aromatic N) is 5. The van der Waals surface area contributed by atoms with E-state index in [1.807, 2.05) is 6.07 Å². The van der Waals surface area contributed by atoms with Gasteiger partial charge in [0.25, 0.3) is 11.5 Å². The Kier molecular flexibility index (Phi) is 7.08. The number of carbonyl (C=O) groups excluding carboxylic acids is 2. The Morgan fingerprint density at radius 2 is 1.74 bits per heavy atom. The molecule has 1 saturated heterocycles. The van der Waals surface area contributed by atoms with E-state index in [1.165, 1.54) is 29.2 Å². The minimum atomic E-state index is -0.763. The van der Waals surface area contributed by atoms with E-state index in [9.17, 15) is 18.8 Å². The van der Waals surface area contributed by atoms with Crippen LogP contribution >= 0.6 is 0 Å². The van der Waals surface area contributed by atoms with Gasteiger partial charge in [0.05, 0.1) is 11.4 Å². The monoisotopic (exact) mass is 531 g/mol. The van der Waals surface area contributed by atoms with E-state index < -0.39 is 17.3 Å². The summed E-state index contributed by atoms with van der Waals surface area (Å²) in [6.07, 6.45) is 3.11. The second-order valence-electron chi connectivity index (χ2n) is 9.00. The highest BCUT2D eigenvalue weighted by molar-refractivity contribution is 6.05. The van der Waals surface area contributed by atoms with Crippen molar-refractivity contribution in [2.24, 2.45) is 7.05 Å². The molecule has 0 radical (unpaired) electrons. The number of ether oxygens (including phenoxy) is 1. The number of aromatic nitrogens is 4. The summed E-state index contributed by atoms with van der Waals surface area (Å²) < 4.78 is 23.4. The number of halogens is 1. The molecule has 1 aliphatic rings. The lowest BCUT2D eigenvalue weighted by Gasteiger charge is -2.15. The van der Waals surface area contributed by atoms with Gasteiger partial charge in [-0.2, -0.15) is 0 Å². The van der Waals surface area contributed by atoms with Crippen LogP contribution in [0.4, 0.5) is 20.7 Å². The lowest BCUT2D eigenvalue weighted by molar-refractivity contribution is 0.102. The van der Waals surface area contributed by atoms with Crippen molar-refractivity contribution in [3.63, 3.8) is 0 Å². The van der Waals surface area contributed by atoms with Gasteiger partial charge < -0.3 is 15.0 Å². The molecule has 0 unspecified atom stereocenters. The minimum Gasteiger partial charge on any atom is -0.436 e. The zero-order valence-corrected chi connectivity index (χ0v) is 21.3. The zero-order chi connectivity index (χ0) is 27.5. The Hall–Kier alpha value is -5.00. The molecule has 12 heteroatoms. The summed E-state index contributed by atoms with van der Waals surface area (Å²) in [4.78, 5) is 48.1. The minimum absolute atomic E-state index is 0.0266. The van der Waals surface area contributed by atoms with Gasteiger partial charge >= 0.3 is 6.03 Å². The molecule has 5 rings (SSSR count). The number of amides is 3. The lowest BCUT2D eigenvalue weighted by Crippen LogP contribution is -2.32. The number of nitrogens with one attached hydrogen (secondary N) is 2. The quantitative estimate of drug-likeness (QED) is 0.386. The van der Waals surface area contributed by atoms with Crippen LogP contribution in [0.15, 0.2) is 65.7 Å². The first-order valence-corrected chi connectivity index (χ1v) is 12.3. The predicted molar refractivity (Wildman–Crippen MR) is 142 cm³/mol. The smallest absolute Gasteiger partial charge is 0.323 e. The van der Waals surface area contributed by atoms with Crippen molar-refractivity contribution in [3.8, 4) is 17.3 Å². The highest BCUT2D eigenvalue weighted by Crippen LogP contribution is 2.27. The van der Waals surface area contributed by atoms with Gasteiger partial charge in [-0.1, -0.05) is 18.2 Å². The van der Waals surface area contributed by atoms with Crippen LogP contribution in [0.1, 0.15) is 28.9 Å². The molecule has 0 spiro atoms. The van der Waals surface area contributed by atoms with Crippen LogP contribution in [0.2, 0.25) is 0 Å². The van der Waals surface area contributed by atoms with Gasteiger partial charge in [-0.15, -0.1) is 0 Å². The van der Waals surface area contributed by atoms with Crippen molar-refractivity contribution in [1.82, 2.24) is 24.2 Å². The molecule has 39 heavy (non-hydrogen) atoms. The van der Waals surface area contributed by atoms with Crippen molar-refractivity contribution in [2.45, 2.75) is 19.8 Å². The maximum absolute atomic E-state index is 14.9. The average Bonchev–Trinajstić information content (AvgIpc) is 3.53. The van der Waals surface area contributed by atoms with Crippen molar-refractivity contribution in [2.75, 3.05) is 23.7 Å². The Labute approximate surface area is 222 Å². The fourth-order valence-corrected chi connectivity index (χ4v) is 4.37. The Morgan fingerprint density at radius 1 is 1.00 bits per heavy atom. The number of hydrogen-bond acceptors (Lipinski definition) is 6. The Balaban J connectivity index is 1.29. The molecular formula is C27H26FN7O4. The third kappa shape index (κ3) is 5.35. The van der Waals surface area contributed by atoms with Crippen molar-refractivity contribution in [3.05, 3.63) is 88.4 Å². The first-order valence-electron chi connectivity index (χ1n) is 12.3. The van der Waals surface area contributed by atoms with E-state index in [1.54, 1.807) is 47.8 Å². The largest absolute Gasteiger partial charge is 0.436 e. The van der Waals surface area contributed by atoms with Crippen molar-refractivity contribution in [1.29, 1.82) is 0 Å². The van der Waals surface area contributed by atoms with Gasteiger partial charge in [0.1, 0.15) is 17.7 Å². The van der Waals surface area contributed by atoms with Crippen LogP contribution in [-0.4, -0.2) is 49.3 Å². The molecule has 0 atom stereocenters. The van der Waals surface area contributed by atoms with Gasteiger partial charge in [-0.05, 0) is 44.0 Å². The summed E-state index contributed by atoms with van der Waals surface area (Å²) in [5, 5.41) is 5.26. The number of para-hydroxylation sites is 1. The van der Waals surface area contributed by atoms with E-state index in [4.69, 9.17) is 4.74 Å². The summed E-state index contributed by atoms with van der Waals surface area (Å²) in [7, 11) is 1.68. The molecule has 4 aromatic rings. The maximum atomic E-state index is 14.9. The zero-order valence-electron chi connectivity index (χ0n) is 21.3. The predicted octanol–water partition coefficient (Wildman–Crippen LogP) is 4.09. The second kappa shape index (κ2) is 10.8. The maximum Gasteiger partial charge on any atom is 0.323 e. The molecule has 11 nitrogen and oxygen atoms in total. The number of benzene rings is 2. The summed E-state index contributed by atoms with van der Waals surface area (Å²) in [6, 6.07) is 13.9. The molecule has 0 aliphatic carbocycles. The number of urea groups is 1. The average molecular weight is 532 g/mol. The van der Waals surface area contributed by atoms with Gasteiger partial charge in [0.15, 0.2) is 11.6 Å². The van der Waals surface area contributed by atoms with Crippen molar-refractivity contribution >= 4 is 23.4 Å². The molecule has 1 aliphatic heterocycles. The van der Waals surface area contributed by atoms with Gasteiger partial charge in [-0.25, -0.2) is 23.8 Å². The Bertz CT molecular complexity index is 1590. The molecular weight excluding hydrogens is 505 g/mol. The number of rotatable bonds is 6. The normalized spacial score (nSPS) is 12.8. The van der Waals surface area contributed by atoms with Gasteiger partial charge in [0, 0.05) is 38.0 Å². The number of anilines is 2. The van der Waals surface area contributed by atoms with Crippen LogP contribution < -0.4 is 20.9 Å². The van der Waals surface area contributed by atoms with Crippen LogP contribution in [0.25, 0.3) is 5.69 Å². The van der Waals surface area contributed by atoms with Gasteiger partial charge in [0.2, 0.25) is 5.88 Å². The second-order valence-corrected chi connectivity index (χ2v) is 9.00. The SMILES string of the molecule is Cc1c(C(=O)Nc2ccc(Oc3cc(NC(=O)N4CCCC4)ncn3)c(F)c2)c(=O)n(-c2ccccc2)n1C. The molecule has 200 valence electrons. The van der Waals surface area contributed by atoms with E-state index >= 15 is 0 Å².